The molecule has 0 fully saturated rings. The molecule has 0 aliphatic carbocycles. The summed E-state index contributed by atoms with van der Waals surface area (Å²) < 4.78 is 0. The molecule has 0 atom stereocenters. The summed E-state index contributed by atoms with van der Waals surface area (Å²) in [5.41, 5.74) is 4.03. The number of unbranched alkanes of at least 4 members (excludes halogenated alkanes) is 15. The fourth-order valence-corrected chi connectivity index (χ4v) is 3.36. The Bertz CT molecular complexity index is 385. The minimum absolute atomic E-state index is 0. The van der Waals surface area contributed by atoms with Gasteiger partial charge in [-0.3, -0.25) is 10.3 Å². The fourth-order valence-electron chi connectivity index (χ4n) is 3.36. The topological polar surface area (TPSA) is 21.3 Å². The van der Waals surface area contributed by atoms with Gasteiger partial charge in [-0.05, 0) is 18.6 Å². The largest absolute Gasteiger partial charge is 0.276 e. The second-order valence-electron chi connectivity index (χ2n) is 7.62. The van der Waals surface area contributed by atoms with Crippen LogP contribution in [0.1, 0.15) is 110 Å². The summed E-state index contributed by atoms with van der Waals surface area (Å²) in [6.07, 6.45) is 22.5. The molecule has 0 saturated carbocycles. The first-order chi connectivity index (χ1) is 12.9. The zero-order chi connectivity index (χ0) is 18.5. The quantitative estimate of drug-likeness (QED) is 0.186. The van der Waals surface area contributed by atoms with Crippen LogP contribution in [0.4, 0.5) is 5.69 Å². The second kappa shape index (κ2) is 21.6. The molecule has 0 aliphatic heterocycles. The predicted molar refractivity (Wildman–Crippen MR) is 123 cm³/mol. The van der Waals surface area contributed by atoms with Gasteiger partial charge in [0.2, 0.25) is 0 Å². The lowest BCUT2D eigenvalue weighted by Crippen LogP contribution is -2.02. The van der Waals surface area contributed by atoms with Crippen LogP contribution in [0.2, 0.25) is 0 Å². The maximum absolute atomic E-state index is 5.49. The minimum atomic E-state index is 0. The normalized spacial score (nSPS) is 10.6. The van der Waals surface area contributed by atoms with Gasteiger partial charge in [0.1, 0.15) is 0 Å². The number of nitrogens with one attached hydrogen (secondary N) is 1. The van der Waals surface area contributed by atoms with Gasteiger partial charge in [0.15, 0.2) is 0 Å². The first kappa shape index (κ1) is 26.3. The Morgan fingerprint density at radius 1 is 0.593 bits per heavy atom. The van der Waals surface area contributed by atoms with E-state index in [1.165, 1.54) is 96.3 Å². The molecule has 0 aliphatic rings. The van der Waals surface area contributed by atoms with E-state index < -0.39 is 0 Å². The van der Waals surface area contributed by atoms with Gasteiger partial charge in [-0.25, -0.2) is 0 Å². The summed E-state index contributed by atoms with van der Waals surface area (Å²) >= 11 is 0. The second-order valence-corrected chi connectivity index (χ2v) is 7.62. The zero-order valence-corrected chi connectivity index (χ0v) is 18.5. The Kier molecular flexibility index (Phi) is 21.0. The first-order valence-corrected chi connectivity index (χ1v) is 11.4. The monoisotopic (exact) mass is 397 g/mol. The molecule has 1 N–H and O–H groups in total. The summed E-state index contributed by atoms with van der Waals surface area (Å²) in [7, 11) is 0. The van der Waals surface area contributed by atoms with Crippen molar-refractivity contribution >= 4 is 18.1 Å². The molecule has 1 aromatic rings. The molecule has 0 heterocycles. The van der Waals surface area contributed by atoms with Crippen molar-refractivity contribution in [2.24, 2.45) is 0 Å². The predicted octanol–water partition coefficient (Wildman–Crippen LogP) is 8.71. The summed E-state index contributed by atoms with van der Waals surface area (Å²) in [5, 5.41) is 0. The van der Waals surface area contributed by atoms with E-state index in [2.05, 4.69) is 12.4 Å². The number of benzene rings is 1. The van der Waals surface area contributed by atoms with Gasteiger partial charge in [0.05, 0.1) is 12.3 Å². The summed E-state index contributed by atoms with van der Waals surface area (Å²) in [4.78, 5) is 5.49. The van der Waals surface area contributed by atoms with Crippen LogP contribution in [0.15, 0.2) is 30.3 Å². The van der Waals surface area contributed by atoms with E-state index in [-0.39, 0.29) is 12.4 Å². The van der Waals surface area contributed by atoms with Gasteiger partial charge in [0, 0.05) is 0 Å². The lowest BCUT2D eigenvalue weighted by atomic mass is 10.0. The summed E-state index contributed by atoms with van der Waals surface area (Å²) in [6.45, 7) is 3.09. The van der Waals surface area contributed by atoms with Crippen molar-refractivity contribution in [3.8, 4) is 0 Å². The van der Waals surface area contributed by atoms with Crippen LogP contribution in [0, 0.1) is 0 Å². The SMILES string of the molecule is CCCCCCCCCCCCCCCCCCONc1ccccc1.Cl. The van der Waals surface area contributed by atoms with E-state index in [1.807, 2.05) is 30.3 Å². The highest BCUT2D eigenvalue weighted by Gasteiger charge is 1.95. The maximum atomic E-state index is 5.49. The van der Waals surface area contributed by atoms with Crippen molar-refractivity contribution in [2.75, 3.05) is 12.1 Å². The Morgan fingerprint density at radius 3 is 1.44 bits per heavy atom. The molecule has 0 aromatic heterocycles. The van der Waals surface area contributed by atoms with E-state index in [0.717, 1.165) is 18.7 Å². The van der Waals surface area contributed by atoms with Gasteiger partial charge >= 0.3 is 0 Å². The molecule has 0 saturated heterocycles. The van der Waals surface area contributed by atoms with E-state index in [0.29, 0.717) is 0 Å². The lowest BCUT2D eigenvalue weighted by molar-refractivity contribution is 0.187. The standard InChI is InChI=1S/C24H43NO.ClH/c1-2-3-4-5-6-7-8-9-10-11-12-13-14-15-16-20-23-26-25-24-21-18-17-19-22-24;/h17-19,21-22,25H,2-16,20,23H2,1H3;1H. The van der Waals surface area contributed by atoms with Gasteiger partial charge in [-0.1, -0.05) is 121 Å². The van der Waals surface area contributed by atoms with Crippen LogP contribution in [0.5, 0.6) is 0 Å². The van der Waals surface area contributed by atoms with Crippen molar-refractivity contribution in [2.45, 2.75) is 110 Å². The third kappa shape index (κ3) is 18.4. The number of hydrogen-bond acceptors (Lipinski definition) is 2. The van der Waals surface area contributed by atoms with Crippen molar-refractivity contribution in [1.82, 2.24) is 0 Å². The average Bonchev–Trinajstić information content (AvgIpc) is 2.68. The summed E-state index contributed by atoms with van der Waals surface area (Å²) in [6, 6.07) is 10.1. The van der Waals surface area contributed by atoms with Crippen molar-refractivity contribution in [3.05, 3.63) is 30.3 Å². The van der Waals surface area contributed by atoms with E-state index in [9.17, 15) is 0 Å². The van der Waals surface area contributed by atoms with Crippen LogP contribution in [-0.2, 0) is 4.84 Å². The Morgan fingerprint density at radius 2 is 1.00 bits per heavy atom. The molecule has 0 unspecified atom stereocenters. The highest BCUT2D eigenvalue weighted by Crippen LogP contribution is 2.13. The molecule has 27 heavy (non-hydrogen) atoms. The third-order valence-electron chi connectivity index (χ3n) is 5.06. The molecular formula is C24H44ClNO. The number of anilines is 1. The van der Waals surface area contributed by atoms with Crippen LogP contribution in [0.3, 0.4) is 0 Å². The van der Waals surface area contributed by atoms with Crippen LogP contribution < -0.4 is 5.48 Å². The smallest absolute Gasteiger partial charge is 0.0746 e. The van der Waals surface area contributed by atoms with Gasteiger partial charge in [-0.15, -0.1) is 12.4 Å². The first-order valence-electron chi connectivity index (χ1n) is 11.4. The molecule has 2 nitrogen and oxygen atoms in total. The summed E-state index contributed by atoms with van der Waals surface area (Å²) in [5.74, 6) is 0. The molecule has 158 valence electrons. The van der Waals surface area contributed by atoms with Gasteiger partial charge in [0.25, 0.3) is 0 Å². The van der Waals surface area contributed by atoms with Crippen LogP contribution >= 0.6 is 12.4 Å². The number of rotatable bonds is 19. The van der Waals surface area contributed by atoms with Crippen molar-refractivity contribution in [3.63, 3.8) is 0 Å². The zero-order valence-electron chi connectivity index (χ0n) is 17.7. The molecular weight excluding hydrogens is 354 g/mol. The van der Waals surface area contributed by atoms with Crippen molar-refractivity contribution in [1.29, 1.82) is 0 Å². The van der Waals surface area contributed by atoms with Crippen molar-refractivity contribution < 1.29 is 4.84 Å². The molecule has 0 bridgehead atoms. The highest BCUT2D eigenvalue weighted by atomic mass is 35.5. The van der Waals surface area contributed by atoms with E-state index in [1.54, 1.807) is 0 Å². The third-order valence-corrected chi connectivity index (χ3v) is 5.06. The Hall–Kier alpha value is -0.730. The molecule has 1 aromatic carbocycles. The van der Waals surface area contributed by atoms with Gasteiger partial charge in [-0.2, -0.15) is 0 Å². The number of halogens is 1. The molecule has 1 rings (SSSR count). The average molecular weight is 398 g/mol. The van der Waals surface area contributed by atoms with E-state index in [4.69, 9.17) is 4.84 Å². The van der Waals surface area contributed by atoms with E-state index >= 15 is 0 Å². The number of para-hydroxylation sites is 1. The molecule has 3 heteroatoms. The molecule has 0 spiro atoms. The fraction of sp³-hybridized carbons (Fsp3) is 0.750. The lowest BCUT2D eigenvalue weighted by Gasteiger charge is -2.06. The Balaban J connectivity index is 0.00000676. The minimum Gasteiger partial charge on any atom is -0.276 e. The Labute approximate surface area is 175 Å². The molecule has 0 amide bonds. The van der Waals surface area contributed by atoms with Crippen LogP contribution in [-0.4, -0.2) is 6.61 Å². The number of hydrogen-bond donors (Lipinski definition) is 1. The van der Waals surface area contributed by atoms with Crippen LogP contribution in [0.25, 0.3) is 0 Å². The maximum Gasteiger partial charge on any atom is 0.0746 e. The highest BCUT2D eigenvalue weighted by molar-refractivity contribution is 5.85. The van der Waals surface area contributed by atoms with Gasteiger partial charge < -0.3 is 0 Å². The molecule has 0 radical (unpaired) electrons.